The molecule has 0 radical (unpaired) electrons. The van der Waals surface area contributed by atoms with E-state index in [1.54, 1.807) is 13.1 Å². The molecule has 16 heavy (non-hydrogen) atoms. The number of thioether (sulfide) groups is 1. The quantitative estimate of drug-likeness (QED) is 0.642. The van der Waals surface area contributed by atoms with Crippen LogP contribution in [0.15, 0.2) is 21.4 Å². The van der Waals surface area contributed by atoms with E-state index in [1.807, 2.05) is 5.38 Å². The lowest BCUT2D eigenvalue weighted by atomic mass is 10.4. The Morgan fingerprint density at radius 2 is 2.44 bits per heavy atom. The topological polar surface area (TPSA) is 78.0 Å². The number of nitrogens with two attached hydrogens (primary N) is 1. The molecule has 84 valence electrons. The molecule has 1 amide bonds. The van der Waals surface area contributed by atoms with Gasteiger partial charge in [-0.3, -0.25) is 14.2 Å². The maximum Gasteiger partial charge on any atom is 0.262 e. The molecule has 5 nitrogen and oxygen atoms in total. The highest BCUT2D eigenvalue weighted by atomic mass is 32.2. The number of nitrogens with zero attached hydrogens (tertiary/aromatic N) is 2. The van der Waals surface area contributed by atoms with E-state index in [-0.39, 0.29) is 11.3 Å². The number of hydrogen-bond donors (Lipinski definition) is 1. The Balaban J connectivity index is 2.49. The maximum absolute atomic E-state index is 11.9. The highest BCUT2D eigenvalue weighted by Crippen LogP contribution is 2.19. The van der Waals surface area contributed by atoms with E-state index in [2.05, 4.69) is 4.98 Å². The highest BCUT2D eigenvalue weighted by molar-refractivity contribution is 7.99. The van der Waals surface area contributed by atoms with Gasteiger partial charge in [-0.2, -0.15) is 0 Å². The van der Waals surface area contributed by atoms with Crippen molar-refractivity contribution in [3.05, 3.63) is 21.8 Å². The van der Waals surface area contributed by atoms with Crippen LogP contribution in [0.2, 0.25) is 0 Å². The Morgan fingerprint density at radius 1 is 1.69 bits per heavy atom. The van der Waals surface area contributed by atoms with Gasteiger partial charge in [-0.15, -0.1) is 11.3 Å². The van der Waals surface area contributed by atoms with E-state index >= 15 is 0 Å². The molecule has 0 atom stereocenters. The predicted octanol–water partition coefficient (Wildman–Crippen LogP) is 0.572. The van der Waals surface area contributed by atoms with E-state index in [0.29, 0.717) is 15.4 Å². The van der Waals surface area contributed by atoms with Crippen molar-refractivity contribution >= 4 is 39.2 Å². The Hall–Kier alpha value is -1.34. The fourth-order valence-electron chi connectivity index (χ4n) is 1.24. The van der Waals surface area contributed by atoms with Crippen LogP contribution in [-0.4, -0.2) is 21.2 Å². The van der Waals surface area contributed by atoms with Gasteiger partial charge in [0, 0.05) is 7.05 Å². The minimum absolute atomic E-state index is 0.0989. The van der Waals surface area contributed by atoms with Gasteiger partial charge in [-0.25, -0.2) is 4.98 Å². The average Bonchev–Trinajstić information content (AvgIpc) is 2.69. The summed E-state index contributed by atoms with van der Waals surface area (Å²) in [6.07, 6.45) is 0. The van der Waals surface area contributed by atoms with Crippen molar-refractivity contribution in [1.82, 2.24) is 9.55 Å². The Labute approximate surface area is 99.3 Å². The number of primary amides is 1. The SMILES string of the molecule is Cn1c(SCC(N)=O)nc2sccc2c1=O. The molecule has 0 fully saturated rings. The molecular weight excluding hydrogens is 246 g/mol. The lowest BCUT2D eigenvalue weighted by Crippen LogP contribution is -2.20. The van der Waals surface area contributed by atoms with Crippen molar-refractivity contribution in [3.8, 4) is 0 Å². The molecule has 2 N–H and O–H groups in total. The van der Waals surface area contributed by atoms with Crippen LogP contribution in [0.3, 0.4) is 0 Å². The van der Waals surface area contributed by atoms with Gasteiger partial charge in [0.15, 0.2) is 5.16 Å². The van der Waals surface area contributed by atoms with Crippen LogP contribution in [0.25, 0.3) is 10.2 Å². The van der Waals surface area contributed by atoms with Crippen molar-refractivity contribution in [1.29, 1.82) is 0 Å². The van der Waals surface area contributed by atoms with Gasteiger partial charge in [0.1, 0.15) is 4.83 Å². The minimum Gasteiger partial charge on any atom is -0.369 e. The van der Waals surface area contributed by atoms with Gasteiger partial charge in [0.05, 0.1) is 11.1 Å². The first-order chi connectivity index (χ1) is 7.59. The van der Waals surface area contributed by atoms with Crippen molar-refractivity contribution in [2.24, 2.45) is 12.8 Å². The summed E-state index contributed by atoms with van der Waals surface area (Å²) < 4.78 is 1.43. The van der Waals surface area contributed by atoms with E-state index in [4.69, 9.17) is 5.73 Å². The molecule has 2 rings (SSSR count). The summed E-state index contributed by atoms with van der Waals surface area (Å²) in [5.41, 5.74) is 4.95. The second kappa shape index (κ2) is 4.26. The lowest BCUT2D eigenvalue weighted by Gasteiger charge is -2.05. The normalized spacial score (nSPS) is 10.8. The first kappa shape index (κ1) is 11.2. The third-order valence-electron chi connectivity index (χ3n) is 2.01. The van der Waals surface area contributed by atoms with Gasteiger partial charge in [0.2, 0.25) is 5.91 Å². The fourth-order valence-corrected chi connectivity index (χ4v) is 2.76. The van der Waals surface area contributed by atoms with Crippen molar-refractivity contribution in [2.45, 2.75) is 5.16 Å². The zero-order valence-corrected chi connectivity index (χ0v) is 10.1. The van der Waals surface area contributed by atoms with Crippen LogP contribution in [0.5, 0.6) is 0 Å². The summed E-state index contributed by atoms with van der Waals surface area (Å²) in [6, 6.07) is 1.75. The van der Waals surface area contributed by atoms with Crippen LogP contribution in [-0.2, 0) is 11.8 Å². The Bertz CT molecular complexity index is 602. The summed E-state index contributed by atoms with van der Waals surface area (Å²) in [4.78, 5) is 27.5. The smallest absolute Gasteiger partial charge is 0.262 e. The van der Waals surface area contributed by atoms with E-state index in [9.17, 15) is 9.59 Å². The highest BCUT2D eigenvalue weighted by Gasteiger charge is 2.10. The molecule has 2 aromatic rings. The molecular formula is C9H9N3O2S2. The number of carbonyl (C=O) groups excluding carboxylic acids is 1. The molecule has 0 aliphatic heterocycles. The number of carbonyl (C=O) groups is 1. The fraction of sp³-hybridized carbons (Fsp3) is 0.222. The molecule has 0 bridgehead atoms. The number of amides is 1. The molecule has 0 aliphatic rings. The van der Waals surface area contributed by atoms with Crippen LogP contribution < -0.4 is 11.3 Å². The molecule has 0 saturated heterocycles. The number of fused-ring (bicyclic) bond motifs is 1. The third kappa shape index (κ3) is 1.96. The largest absolute Gasteiger partial charge is 0.369 e. The number of rotatable bonds is 3. The zero-order chi connectivity index (χ0) is 11.7. The maximum atomic E-state index is 11.9. The second-order valence-corrected chi connectivity index (χ2v) is 4.99. The van der Waals surface area contributed by atoms with Gasteiger partial charge in [0.25, 0.3) is 5.56 Å². The van der Waals surface area contributed by atoms with Gasteiger partial charge >= 0.3 is 0 Å². The standard InChI is InChI=1S/C9H9N3O2S2/c1-12-8(14)5-2-3-15-7(5)11-9(12)16-4-6(10)13/h2-3H,4H2,1H3,(H2,10,13). The number of thiophene rings is 1. The number of aromatic nitrogens is 2. The molecule has 0 saturated carbocycles. The molecule has 2 aromatic heterocycles. The van der Waals surface area contributed by atoms with E-state index in [1.165, 1.54) is 27.7 Å². The first-order valence-corrected chi connectivity index (χ1v) is 6.31. The summed E-state index contributed by atoms with van der Waals surface area (Å²) in [6.45, 7) is 0. The van der Waals surface area contributed by atoms with Crippen molar-refractivity contribution < 1.29 is 4.79 Å². The third-order valence-corrected chi connectivity index (χ3v) is 3.87. The molecule has 7 heteroatoms. The molecule has 0 unspecified atom stereocenters. The van der Waals surface area contributed by atoms with Gasteiger partial charge in [-0.05, 0) is 11.4 Å². The van der Waals surface area contributed by atoms with Crippen LogP contribution >= 0.6 is 23.1 Å². The summed E-state index contributed by atoms with van der Waals surface area (Å²) in [5, 5.41) is 2.94. The van der Waals surface area contributed by atoms with Crippen molar-refractivity contribution in [3.63, 3.8) is 0 Å². The lowest BCUT2D eigenvalue weighted by molar-refractivity contribution is -0.115. The number of hydrogen-bond acceptors (Lipinski definition) is 5. The monoisotopic (exact) mass is 255 g/mol. The van der Waals surface area contributed by atoms with Gasteiger partial charge < -0.3 is 5.73 Å². The van der Waals surface area contributed by atoms with E-state index < -0.39 is 5.91 Å². The Morgan fingerprint density at radius 3 is 3.12 bits per heavy atom. The summed E-state index contributed by atoms with van der Waals surface area (Å²) >= 11 is 2.58. The zero-order valence-electron chi connectivity index (χ0n) is 8.47. The molecule has 2 heterocycles. The minimum atomic E-state index is -0.425. The predicted molar refractivity (Wildman–Crippen MR) is 64.8 cm³/mol. The van der Waals surface area contributed by atoms with Gasteiger partial charge in [-0.1, -0.05) is 11.8 Å². The van der Waals surface area contributed by atoms with E-state index in [0.717, 1.165) is 0 Å². The molecule has 0 spiro atoms. The average molecular weight is 255 g/mol. The van der Waals surface area contributed by atoms with Crippen molar-refractivity contribution in [2.75, 3.05) is 5.75 Å². The first-order valence-electron chi connectivity index (χ1n) is 4.45. The Kier molecular flexibility index (Phi) is 2.97. The van der Waals surface area contributed by atoms with Crippen LogP contribution in [0.1, 0.15) is 0 Å². The molecule has 0 aromatic carbocycles. The van der Waals surface area contributed by atoms with Crippen LogP contribution in [0, 0.1) is 0 Å². The van der Waals surface area contributed by atoms with Crippen LogP contribution in [0.4, 0.5) is 0 Å². The summed E-state index contributed by atoms with van der Waals surface area (Å²) in [5.74, 6) is -0.303. The molecule has 0 aliphatic carbocycles. The summed E-state index contributed by atoms with van der Waals surface area (Å²) in [7, 11) is 1.63. The second-order valence-electron chi connectivity index (χ2n) is 3.15.